The van der Waals surface area contributed by atoms with Crippen molar-refractivity contribution in [3.05, 3.63) is 42.5 Å². The number of hydrogen-bond donors (Lipinski definition) is 0. The molecule has 0 spiro atoms. The second kappa shape index (κ2) is 9.55. The lowest BCUT2D eigenvalue weighted by molar-refractivity contribution is -0.0640. The fourth-order valence-electron chi connectivity index (χ4n) is 1.54. The summed E-state index contributed by atoms with van der Waals surface area (Å²) in [6.45, 7) is 5.19. The van der Waals surface area contributed by atoms with E-state index >= 15 is 0 Å². The molecule has 0 fully saturated rings. The molecule has 0 bridgehead atoms. The molecule has 1 rings (SSSR count). The molecule has 0 radical (unpaired) electrons. The minimum absolute atomic E-state index is 0.0317. The largest absolute Gasteiger partial charge is 0.497 e. The zero-order valence-corrected chi connectivity index (χ0v) is 11.6. The standard InChI is InChI=1S/C15H22O4/c1-4-14(19-12-16-2)9-10-18-11-13-5-7-15(17-3)8-6-13/h4-8,14H,1,9-12H2,2-3H3/t14-/m1/s1. The predicted octanol–water partition coefficient (Wildman–Crippen LogP) is 2.78. The van der Waals surface area contributed by atoms with Crippen LogP contribution in [0.3, 0.4) is 0 Å². The Bertz CT molecular complexity index is 348. The number of ether oxygens (including phenoxy) is 4. The van der Waals surface area contributed by atoms with Crippen molar-refractivity contribution in [1.82, 2.24) is 0 Å². The maximum atomic E-state index is 5.60. The molecule has 0 aliphatic heterocycles. The molecule has 0 aliphatic rings. The Morgan fingerprint density at radius 2 is 1.95 bits per heavy atom. The molecule has 106 valence electrons. The highest BCUT2D eigenvalue weighted by atomic mass is 16.7. The van der Waals surface area contributed by atoms with Crippen LogP contribution in [-0.4, -0.2) is 33.7 Å². The average molecular weight is 266 g/mol. The highest BCUT2D eigenvalue weighted by Gasteiger charge is 2.04. The summed E-state index contributed by atoms with van der Waals surface area (Å²) < 4.78 is 20.9. The molecule has 0 saturated carbocycles. The van der Waals surface area contributed by atoms with Crippen LogP contribution in [0.4, 0.5) is 0 Å². The van der Waals surface area contributed by atoms with Crippen molar-refractivity contribution < 1.29 is 18.9 Å². The van der Waals surface area contributed by atoms with E-state index in [0.29, 0.717) is 13.2 Å². The Balaban J connectivity index is 2.20. The molecule has 0 unspecified atom stereocenters. The lowest BCUT2D eigenvalue weighted by Crippen LogP contribution is -2.14. The van der Waals surface area contributed by atoms with Crippen molar-refractivity contribution in [2.75, 3.05) is 27.6 Å². The smallest absolute Gasteiger partial charge is 0.147 e. The van der Waals surface area contributed by atoms with Crippen LogP contribution < -0.4 is 4.74 Å². The van der Waals surface area contributed by atoms with Crippen molar-refractivity contribution in [1.29, 1.82) is 0 Å². The molecule has 1 aromatic rings. The van der Waals surface area contributed by atoms with Gasteiger partial charge in [-0.15, -0.1) is 6.58 Å². The first-order valence-corrected chi connectivity index (χ1v) is 6.24. The minimum atomic E-state index is -0.0317. The van der Waals surface area contributed by atoms with Gasteiger partial charge in [0.25, 0.3) is 0 Å². The molecule has 0 aliphatic carbocycles. The van der Waals surface area contributed by atoms with Crippen LogP contribution in [0.25, 0.3) is 0 Å². The van der Waals surface area contributed by atoms with Gasteiger partial charge in [0.2, 0.25) is 0 Å². The summed E-state index contributed by atoms with van der Waals surface area (Å²) in [6.07, 6.45) is 2.49. The van der Waals surface area contributed by atoms with Crippen LogP contribution in [0.5, 0.6) is 5.75 Å². The lowest BCUT2D eigenvalue weighted by atomic mass is 10.2. The van der Waals surface area contributed by atoms with Gasteiger partial charge in [-0.2, -0.15) is 0 Å². The van der Waals surface area contributed by atoms with Crippen molar-refractivity contribution in [3.63, 3.8) is 0 Å². The maximum Gasteiger partial charge on any atom is 0.147 e. The molecule has 0 N–H and O–H groups in total. The molecule has 0 amide bonds. The summed E-state index contributed by atoms with van der Waals surface area (Å²) in [4.78, 5) is 0. The van der Waals surface area contributed by atoms with E-state index in [1.807, 2.05) is 24.3 Å². The molecule has 0 heterocycles. The van der Waals surface area contributed by atoms with Crippen molar-refractivity contribution >= 4 is 0 Å². The third kappa shape index (κ3) is 6.38. The van der Waals surface area contributed by atoms with Gasteiger partial charge in [-0.05, 0) is 17.7 Å². The van der Waals surface area contributed by atoms with Gasteiger partial charge in [0.05, 0.1) is 19.8 Å². The highest BCUT2D eigenvalue weighted by molar-refractivity contribution is 5.26. The van der Waals surface area contributed by atoms with Gasteiger partial charge < -0.3 is 18.9 Å². The third-order valence-electron chi connectivity index (χ3n) is 2.64. The van der Waals surface area contributed by atoms with E-state index in [0.717, 1.165) is 17.7 Å². The first kappa shape index (κ1) is 15.7. The third-order valence-corrected chi connectivity index (χ3v) is 2.64. The van der Waals surface area contributed by atoms with Gasteiger partial charge in [0.15, 0.2) is 0 Å². The van der Waals surface area contributed by atoms with Crippen molar-refractivity contribution in [2.24, 2.45) is 0 Å². The number of rotatable bonds is 10. The van der Waals surface area contributed by atoms with E-state index in [1.165, 1.54) is 0 Å². The number of benzene rings is 1. The molecule has 0 aromatic heterocycles. The second-order valence-corrected chi connectivity index (χ2v) is 4.04. The predicted molar refractivity (Wildman–Crippen MR) is 74.2 cm³/mol. The van der Waals surface area contributed by atoms with Crippen LogP contribution in [0, 0.1) is 0 Å². The van der Waals surface area contributed by atoms with Crippen LogP contribution in [0.2, 0.25) is 0 Å². The monoisotopic (exact) mass is 266 g/mol. The number of hydrogen-bond acceptors (Lipinski definition) is 4. The zero-order valence-electron chi connectivity index (χ0n) is 11.6. The van der Waals surface area contributed by atoms with E-state index in [4.69, 9.17) is 18.9 Å². The van der Waals surface area contributed by atoms with Crippen LogP contribution in [-0.2, 0) is 20.8 Å². The van der Waals surface area contributed by atoms with Crippen molar-refractivity contribution in [2.45, 2.75) is 19.1 Å². The van der Waals surface area contributed by atoms with Crippen LogP contribution >= 0.6 is 0 Å². The van der Waals surface area contributed by atoms with Gasteiger partial charge in [0, 0.05) is 20.1 Å². The summed E-state index contributed by atoms with van der Waals surface area (Å²) in [7, 11) is 3.25. The zero-order chi connectivity index (χ0) is 13.9. The molecule has 4 heteroatoms. The molecular weight excluding hydrogens is 244 g/mol. The van der Waals surface area contributed by atoms with Gasteiger partial charge in [-0.25, -0.2) is 0 Å². The summed E-state index contributed by atoms with van der Waals surface area (Å²) in [5, 5.41) is 0. The normalized spacial score (nSPS) is 12.1. The molecular formula is C15H22O4. The first-order chi connectivity index (χ1) is 9.30. The van der Waals surface area contributed by atoms with E-state index in [2.05, 4.69) is 6.58 Å². The molecule has 19 heavy (non-hydrogen) atoms. The maximum absolute atomic E-state index is 5.60. The van der Waals surface area contributed by atoms with Crippen molar-refractivity contribution in [3.8, 4) is 5.75 Å². The van der Waals surface area contributed by atoms with Gasteiger partial charge >= 0.3 is 0 Å². The Morgan fingerprint density at radius 3 is 2.53 bits per heavy atom. The van der Waals surface area contributed by atoms with Gasteiger partial charge in [-0.1, -0.05) is 18.2 Å². The molecule has 1 atom stereocenters. The fraction of sp³-hybridized carbons (Fsp3) is 0.467. The van der Waals surface area contributed by atoms with Crippen LogP contribution in [0.15, 0.2) is 36.9 Å². The highest BCUT2D eigenvalue weighted by Crippen LogP contribution is 2.12. The molecule has 4 nitrogen and oxygen atoms in total. The van der Waals surface area contributed by atoms with E-state index in [9.17, 15) is 0 Å². The SMILES string of the molecule is C=C[C@H](CCOCc1ccc(OC)cc1)OCOC. The summed E-state index contributed by atoms with van der Waals surface area (Å²) in [5.41, 5.74) is 1.12. The summed E-state index contributed by atoms with van der Waals surface area (Å²) in [6, 6.07) is 7.83. The van der Waals surface area contributed by atoms with E-state index < -0.39 is 0 Å². The Kier molecular flexibility index (Phi) is 7.89. The fourth-order valence-corrected chi connectivity index (χ4v) is 1.54. The van der Waals surface area contributed by atoms with Gasteiger partial charge in [0.1, 0.15) is 12.5 Å². The quantitative estimate of drug-likeness (QED) is 0.371. The van der Waals surface area contributed by atoms with Crippen LogP contribution in [0.1, 0.15) is 12.0 Å². The summed E-state index contributed by atoms with van der Waals surface area (Å²) in [5.74, 6) is 0.850. The molecule has 1 aromatic carbocycles. The second-order valence-electron chi connectivity index (χ2n) is 4.04. The van der Waals surface area contributed by atoms with E-state index in [1.54, 1.807) is 20.3 Å². The van der Waals surface area contributed by atoms with Gasteiger partial charge in [-0.3, -0.25) is 0 Å². The summed E-state index contributed by atoms with van der Waals surface area (Å²) >= 11 is 0. The van der Waals surface area contributed by atoms with E-state index in [-0.39, 0.29) is 12.9 Å². The Labute approximate surface area is 114 Å². The Hall–Kier alpha value is -1.36. The number of methoxy groups -OCH3 is 2. The minimum Gasteiger partial charge on any atom is -0.497 e. The topological polar surface area (TPSA) is 36.9 Å². The first-order valence-electron chi connectivity index (χ1n) is 6.24. The average Bonchev–Trinajstić information content (AvgIpc) is 2.47. The lowest BCUT2D eigenvalue weighted by Gasteiger charge is -2.13. The Morgan fingerprint density at radius 1 is 1.21 bits per heavy atom. The molecule has 0 saturated heterocycles.